The summed E-state index contributed by atoms with van der Waals surface area (Å²) in [5.74, 6) is -6.70. The Hall–Kier alpha value is -2.92. The third-order valence-electron chi connectivity index (χ3n) is 5.33. The standard InChI is InChI=1S/C22H23F3N2O5S/c1-13-6-7-15(33(30,31)27-10-4-3-5-11-27)12-16(13)22(29)32-14(2)21(28)26-18-9-8-17(23)19(24)20(18)25/h6-9,12,14H,3-5,10-11H2,1-2H3,(H,26,28). The van der Waals surface area contributed by atoms with Gasteiger partial charge in [0, 0.05) is 13.1 Å². The van der Waals surface area contributed by atoms with Gasteiger partial charge in [0.05, 0.1) is 16.1 Å². The number of nitrogens with zero attached hydrogens (tertiary/aromatic N) is 1. The largest absolute Gasteiger partial charge is 0.449 e. The van der Waals surface area contributed by atoms with Crippen LogP contribution in [0.5, 0.6) is 0 Å². The number of ether oxygens (including phenoxy) is 1. The van der Waals surface area contributed by atoms with Crippen molar-refractivity contribution in [3.05, 3.63) is 58.9 Å². The second kappa shape index (κ2) is 9.92. The van der Waals surface area contributed by atoms with Crippen LogP contribution in [0.1, 0.15) is 42.1 Å². The van der Waals surface area contributed by atoms with E-state index in [2.05, 4.69) is 0 Å². The number of nitrogens with one attached hydrogen (secondary N) is 1. The number of sulfonamides is 1. The fourth-order valence-electron chi connectivity index (χ4n) is 3.37. The van der Waals surface area contributed by atoms with E-state index in [1.807, 2.05) is 5.32 Å². The molecule has 11 heteroatoms. The molecule has 1 fully saturated rings. The molecular weight excluding hydrogens is 461 g/mol. The van der Waals surface area contributed by atoms with Crippen molar-refractivity contribution in [2.75, 3.05) is 18.4 Å². The zero-order chi connectivity index (χ0) is 24.3. The SMILES string of the molecule is Cc1ccc(S(=O)(=O)N2CCCCC2)cc1C(=O)OC(C)C(=O)Nc1ccc(F)c(F)c1F. The molecule has 1 saturated heterocycles. The Morgan fingerprint density at radius 2 is 1.70 bits per heavy atom. The summed E-state index contributed by atoms with van der Waals surface area (Å²) >= 11 is 0. The van der Waals surface area contributed by atoms with E-state index in [4.69, 9.17) is 4.74 Å². The third-order valence-corrected chi connectivity index (χ3v) is 7.22. The van der Waals surface area contributed by atoms with Gasteiger partial charge in [0.15, 0.2) is 23.6 Å². The van der Waals surface area contributed by atoms with Crippen LogP contribution in [0.4, 0.5) is 18.9 Å². The number of amides is 1. The number of esters is 1. The van der Waals surface area contributed by atoms with Gasteiger partial charge in [0.25, 0.3) is 5.91 Å². The number of carbonyl (C=O) groups excluding carboxylic acids is 2. The molecule has 7 nitrogen and oxygen atoms in total. The average Bonchev–Trinajstić information content (AvgIpc) is 2.80. The number of halogens is 3. The van der Waals surface area contributed by atoms with Crippen LogP contribution < -0.4 is 5.32 Å². The summed E-state index contributed by atoms with van der Waals surface area (Å²) in [5.41, 5.74) is -0.240. The van der Waals surface area contributed by atoms with Crippen molar-refractivity contribution in [1.82, 2.24) is 4.31 Å². The van der Waals surface area contributed by atoms with E-state index in [9.17, 15) is 31.2 Å². The maximum atomic E-state index is 13.8. The minimum absolute atomic E-state index is 0.0493. The lowest BCUT2D eigenvalue weighted by atomic mass is 10.1. The smallest absolute Gasteiger partial charge is 0.339 e. The van der Waals surface area contributed by atoms with E-state index in [-0.39, 0.29) is 10.5 Å². The Bertz CT molecular complexity index is 1180. The highest BCUT2D eigenvalue weighted by atomic mass is 32.2. The Morgan fingerprint density at radius 3 is 2.36 bits per heavy atom. The summed E-state index contributed by atoms with van der Waals surface area (Å²) < 4.78 is 72.5. The number of piperidine rings is 1. The fourth-order valence-corrected chi connectivity index (χ4v) is 4.91. The van der Waals surface area contributed by atoms with E-state index < -0.39 is 51.1 Å². The molecule has 1 aliphatic rings. The molecule has 1 N–H and O–H groups in total. The Kier molecular flexibility index (Phi) is 7.43. The van der Waals surface area contributed by atoms with E-state index >= 15 is 0 Å². The molecule has 0 saturated carbocycles. The van der Waals surface area contributed by atoms with E-state index in [0.29, 0.717) is 24.7 Å². The molecule has 0 aromatic heterocycles. The van der Waals surface area contributed by atoms with Crippen LogP contribution in [-0.2, 0) is 19.6 Å². The first kappa shape index (κ1) is 24.7. The number of hydrogen-bond acceptors (Lipinski definition) is 5. The average molecular weight is 484 g/mol. The van der Waals surface area contributed by atoms with Crippen molar-refractivity contribution in [2.24, 2.45) is 0 Å². The number of rotatable bonds is 6. The molecule has 1 unspecified atom stereocenters. The van der Waals surface area contributed by atoms with Gasteiger partial charge < -0.3 is 10.1 Å². The summed E-state index contributed by atoms with van der Waals surface area (Å²) in [6.07, 6.45) is 1.02. The molecule has 0 bridgehead atoms. The molecule has 2 aromatic carbocycles. The summed E-state index contributed by atoms with van der Waals surface area (Å²) in [6.45, 7) is 3.57. The maximum Gasteiger partial charge on any atom is 0.339 e. The molecule has 178 valence electrons. The predicted molar refractivity (Wildman–Crippen MR) is 114 cm³/mol. The molecule has 0 radical (unpaired) electrons. The van der Waals surface area contributed by atoms with Crippen molar-refractivity contribution in [3.8, 4) is 0 Å². The molecule has 1 heterocycles. The first-order valence-corrected chi connectivity index (χ1v) is 11.7. The molecule has 1 atom stereocenters. The topological polar surface area (TPSA) is 92.8 Å². The van der Waals surface area contributed by atoms with Gasteiger partial charge in [-0.15, -0.1) is 0 Å². The van der Waals surface area contributed by atoms with Gasteiger partial charge in [0.2, 0.25) is 10.0 Å². The Balaban J connectivity index is 1.75. The van der Waals surface area contributed by atoms with Crippen LogP contribution in [0.25, 0.3) is 0 Å². The van der Waals surface area contributed by atoms with Crippen LogP contribution in [0, 0.1) is 24.4 Å². The van der Waals surface area contributed by atoms with Crippen molar-refractivity contribution < 1.29 is 35.9 Å². The number of hydrogen-bond donors (Lipinski definition) is 1. The van der Waals surface area contributed by atoms with Gasteiger partial charge in [0.1, 0.15) is 0 Å². The molecule has 1 aliphatic heterocycles. The van der Waals surface area contributed by atoms with E-state index in [1.165, 1.54) is 29.4 Å². The lowest BCUT2D eigenvalue weighted by Crippen LogP contribution is -2.35. The summed E-state index contributed by atoms with van der Waals surface area (Å²) in [6, 6.07) is 5.54. The van der Waals surface area contributed by atoms with Gasteiger partial charge in [-0.3, -0.25) is 4.79 Å². The van der Waals surface area contributed by atoms with Gasteiger partial charge >= 0.3 is 5.97 Å². The highest BCUT2D eigenvalue weighted by Gasteiger charge is 2.28. The van der Waals surface area contributed by atoms with Gasteiger partial charge in [-0.2, -0.15) is 4.31 Å². The first-order valence-electron chi connectivity index (χ1n) is 10.3. The number of carbonyl (C=O) groups is 2. The second-order valence-electron chi connectivity index (χ2n) is 7.70. The van der Waals surface area contributed by atoms with Crippen LogP contribution in [-0.4, -0.2) is 43.8 Å². The molecule has 33 heavy (non-hydrogen) atoms. The second-order valence-corrected chi connectivity index (χ2v) is 9.64. The molecule has 0 aliphatic carbocycles. The fraction of sp³-hybridized carbons (Fsp3) is 0.364. The van der Waals surface area contributed by atoms with Gasteiger partial charge in [-0.1, -0.05) is 12.5 Å². The summed E-state index contributed by atoms with van der Waals surface area (Å²) in [7, 11) is -3.79. The van der Waals surface area contributed by atoms with Crippen molar-refractivity contribution in [3.63, 3.8) is 0 Å². The third kappa shape index (κ3) is 5.36. The van der Waals surface area contributed by atoms with Crippen LogP contribution >= 0.6 is 0 Å². The highest BCUT2D eigenvalue weighted by Crippen LogP contribution is 2.24. The van der Waals surface area contributed by atoms with Gasteiger partial charge in [-0.25, -0.2) is 26.4 Å². The van der Waals surface area contributed by atoms with Crippen LogP contribution in [0.2, 0.25) is 0 Å². The monoisotopic (exact) mass is 484 g/mol. The summed E-state index contributed by atoms with van der Waals surface area (Å²) in [5, 5.41) is 2.03. The minimum Gasteiger partial charge on any atom is -0.449 e. The number of anilines is 1. The molecule has 2 aromatic rings. The zero-order valence-electron chi connectivity index (χ0n) is 18.0. The number of benzene rings is 2. The first-order chi connectivity index (χ1) is 15.5. The molecule has 1 amide bonds. The molecule has 3 rings (SSSR count). The maximum absolute atomic E-state index is 13.8. The highest BCUT2D eigenvalue weighted by molar-refractivity contribution is 7.89. The Morgan fingerprint density at radius 1 is 1.03 bits per heavy atom. The van der Waals surface area contributed by atoms with E-state index in [1.54, 1.807) is 6.92 Å². The van der Waals surface area contributed by atoms with Crippen molar-refractivity contribution in [1.29, 1.82) is 0 Å². The zero-order valence-corrected chi connectivity index (χ0v) is 18.8. The van der Waals surface area contributed by atoms with E-state index in [0.717, 1.165) is 25.3 Å². The molecule has 0 spiro atoms. The summed E-state index contributed by atoms with van der Waals surface area (Å²) in [4.78, 5) is 24.9. The lowest BCUT2D eigenvalue weighted by molar-refractivity contribution is -0.123. The number of aryl methyl sites for hydroxylation is 1. The van der Waals surface area contributed by atoms with Crippen LogP contribution in [0.15, 0.2) is 35.2 Å². The van der Waals surface area contributed by atoms with Gasteiger partial charge in [-0.05, 0) is 56.5 Å². The normalized spacial score (nSPS) is 15.7. The Labute approximate surface area is 189 Å². The molecular formula is C22H23F3N2O5S. The van der Waals surface area contributed by atoms with Crippen molar-refractivity contribution in [2.45, 2.75) is 44.1 Å². The van der Waals surface area contributed by atoms with Crippen LogP contribution in [0.3, 0.4) is 0 Å². The lowest BCUT2D eigenvalue weighted by Gasteiger charge is -2.26. The predicted octanol–water partition coefficient (Wildman–Crippen LogP) is 3.77. The minimum atomic E-state index is -3.79. The quantitative estimate of drug-likeness (QED) is 0.498. The van der Waals surface area contributed by atoms with Crippen molar-refractivity contribution >= 4 is 27.6 Å².